The molecule has 1 aliphatic heterocycles. The molecule has 0 spiro atoms. The minimum atomic E-state index is -0.183. The Morgan fingerprint density at radius 2 is 1.96 bits per heavy atom. The van der Waals surface area contributed by atoms with Crippen LogP contribution in [-0.2, 0) is 6.54 Å². The first-order valence-electron chi connectivity index (χ1n) is 8.57. The maximum atomic E-state index is 13.9. The van der Waals surface area contributed by atoms with Crippen LogP contribution in [0.5, 0.6) is 0 Å². The highest BCUT2D eigenvalue weighted by atomic mass is 19.1. The van der Waals surface area contributed by atoms with Crippen LogP contribution in [0.2, 0.25) is 0 Å². The molecule has 1 saturated heterocycles. The van der Waals surface area contributed by atoms with Crippen molar-refractivity contribution in [3.8, 4) is 0 Å². The second kappa shape index (κ2) is 8.07. The van der Waals surface area contributed by atoms with E-state index in [1.165, 1.54) is 6.07 Å². The molecule has 0 aliphatic carbocycles. The lowest BCUT2D eigenvalue weighted by atomic mass is 10.2. The average molecular weight is 342 g/mol. The quantitative estimate of drug-likeness (QED) is 0.926. The summed E-state index contributed by atoms with van der Waals surface area (Å²) >= 11 is 0. The molecule has 0 saturated carbocycles. The maximum absolute atomic E-state index is 13.9. The van der Waals surface area contributed by atoms with E-state index >= 15 is 0 Å². The Kier molecular flexibility index (Phi) is 5.60. The molecule has 0 unspecified atom stereocenters. The smallest absolute Gasteiger partial charge is 0.269 e. The van der Waals surface area contributed by atoms with E-state index in [4.69, 9.17) is 0 Å². The molecule has 3 rings (SSSR count). The Balaban J connectivity index is 1.66. The van der Waals surface area contributed by atoms with Crippen molar-refractivity contribution in [2.45, 2.75) is 13.0 Å². The Labute approximate surface area is 147 Å². The third-order valence-corrected chi connectivity index (χ3v) is 4.46. The molecule has 0 radical (unpaired) electrons. The second-order valence-corrected chi connectivity index (χ2v) is 6.17. The molecule has 1 N–H and O–H groups in total. The molecule has 0 atom stereocenters. The zero-order valence-corrected chi connectivity index (χ0v) is 14.4. The van der Waals surface area contributed by atoms with Gasteiger partial charge in [-0.15, -0.1) is 0 Å². The van der Waals surface area contributed by atoms with Crippen LogP contribution < -0.4 is 10.2 Å². The number of carbonyl (C=O) groups excluding carboxylic acids is 1. The third-order valence-electron chi connectivity index (χ3n) is 4.46. The van der Waals surface area contributed by atoms with Crippen LogP contribution >= 0.6 is 0 Å². The molecule has 5 nitrogen and oxygen atoms in total. The summed E-state index contributed by atoms with van der Waals surface area (Å²) in [6, 6.07) is 12.4. The van der Waals surface area contributed by atoms with Crippen molar-refractivity contribution in [2.24, 2.45) is 0 Å². The van der Waals surface area contributed by atoms with E-state index in [0.717, 1.165) is 44.0 Å². The number of carbonyl (C=O) groups is 1. The van der Waals surface area contributed by atoms with E-state index in [9.17, 15) is 9.18 Å². The predicted molar refractivity (Wildman–Crippen MR) is 96.1 cm³/mol. The first kappa shape index (κ1) is 17.4. The van der Waals surface area contributed by atoms with Gasteiger partial charge in [0.1, 0.15) is 17.3 Å². The van der Waals surface area contributed by atoms with Gasteiger partial charge in [-0.25, -0.2) is 9.37 Å². The summed E-state index contributed by atoms with van der Waals surface area (Å²) in [4.78, 5) is 20.7. The van der Waals surface area contributed by atoms with Crippen LogP contribution in [0, 0.1) is 5.82 Å². The van der Waals surface area contributed by atoms with Crippen LogP contribution in [-0.4, -0.2) is 49.0 Å². The van der Waals surface area contributed by atoms with Gasteiger partial charge in [0, 0.05) is 45.3 Å². The van der Waals surface area contributed by atoms with Gasteiger partial charge in [0.25, 0.3) is 5.91 Å². The lowest BCUT2D eigenvalue weighted by Crippen LogP contribution is -2.31. The number of hydrogen-bond acceptors (Lipinski definition) is 4. The molecule has 2 heterocycles. The number of amides is 1. The standard InChI is InChI=1S/C19H23FN4O/c1-21-19(25)17-8-4-9-18(22-17)24-11-5-10-23(12-13-24)14-15-6-2-3-7-16(15)20/h2-4,6-9H,5,10-14H2,1H3,(H,21,25). The number of rotatable bonds is 4. The highest BCUT2D eigenvalue weighted by molar-refractivity contribution is 5.92. The number of nitrogens with one attached hydrogen (secondary N) is 1. The molecule has 132 valence electrons. The molecule has 1 fully saturated rings. The molecule has 1 amide bonds. The van der Waals surface area contributed by atoms with Crippen molar-refractivity contribution in [3.05, 3.63) is 59.5 Å². The van der Waals surface area contributed by atoms with Gasteiger partial charge in [-0.1, -0.05) is 24.3 Å². The molecular weight excluding hydrogens is 319 g/mol. The fraction of sp³-hybridized carbons (Fsp3) is 0.368. The zero-order valence-electron chi connectivity index (χ0n) is 14.4. The minimum absolute atomic E-state index is 0.149. The molecule has 2 aromatic rings. The van der Waals surface area contributed by atoms with E-state index in [2.05, 4.69) is 20.1 Å². The van der Waals surface area contributed by atoms with Crippen LogP contribution in [0.4, 0.5) is 10.2 Å². The number of aromatic nitrogens is 1. The fourth-order valence-corrected chi connectivity index (χ4v) is 3.08. The van der Waals surface area contributed by atoms with Crippen molar-refractivity contribution in [1.82, 2.24) is 15.2 Å². The van der Waals surface area contributed by atoms with E-state index in [1.807, 2.05) is 24.3 Å². The number of benzene rings is 1. The van der Waals surface area contributed by atoms with Crippen molar-refractivity contribution in [2.75, 3.05) is 38.1 Å². The summed E-state index contributed by atoms with van der Waals surface area (Å²) in [7, 11) is 1.60. The largest absolute Gasteiger partial charge is 0.355 e. The number of halogens is 1. The molecule has 1 aromatic carbocycles. The van der Waals surface area contributed by atoms with Gasteiger partial charge in [-0.05, 0) is 24.6 Å². The lowest BCUT2D eigenvalue weighted by Gasteiger charge is -2.23. The van der Waals surface area contributed by atoms with E-state index in [0.29, 0.717) is 12.2 Å². The number of hydrogen-bond donors (Lipinski definition) is 1. The molecule has 25 heavy (non-hydrogen) atoms. The lowest BCUT2D eigenvalue weighted by molar-refractivity contribution is 0.0958. The van der Waals surface area contributed by atoms with Gasteiger partial charge < -0.3 is 10.2 Å². The van der Waals surface area contributed by atoms with Crippen LogP contribution in [0.3, 0.4) is 0 Å². The zero-order chi connectivity index (χ0) is 17.6. The monoisotopic (exact) mass is 342 g/mol. The number of nitrogens with zero attached hydrogens (tertiary/aromatic N) is 3. The van der Waals surface area contributed by atoms with Gasteiger partial charge in [0.2, 0.25) is 0 Å². The van der Waals surface area contributed by atoms with E-state index < -0.39 is 0 Å². The molecule has 0 bridgehead atoms. The van der Waals surface area contributed by atoms with Gasteiger partial charge in [-0.2, -0.15) is 0 Å². The molecule has 1 aromatic heterocycles. The summed E-state index contributed by atoms with van der Waals surface area (Å²) in [6.07, 6.45) is 0.973. The van der Waals surface area contributed by atoms with Gasteiger partial charge >= 0.3 is 0 Å². The highest BCUT2D eigenvalue weighted by Crippen LogP contribution is 2.17. The Morgan fingerprint density at radius 3 is 2.76 bits per heavy atom. The van der Waals surface area contributed by atoms with Crippen molar-refractivity contribution >= 4 is 11.7 Å². The maximum Gasteiger partial charge on any atom is 0.269 e. The molecule has 6 heteroatoms. The van der Waals surface area contributed by atoms with Crippen molar-refractivity contribution in [3.63, 3.8) is 0 Å². The Bertz CT molecular complexity index is 737. The van der Waals surface area contributed by atoms with E-state index in [-0.39, 0.29) is 11.7 Å². The number of pyridine rings is 1. The third kappa shape index (κ3) is 4.33. The van der Waals surface area contributed by atoms with Crippen LogP contribution in [0.25, 0.3) is 0 Å². The van der Waals surface area contributed by atoms with Crippen molar-refractivity contribution < 1.29 is 9.18 Å². The second-order valence-electron chi connectivity index (χ2n) is 6.17. The van der Waals surface area contributed by atoms with Crippen LogP contribution in [0.15, 0.2) is 42.5 Å². The van der Waals surface area contributed by atoms with Crippen LogP contribution in [0.1, 0.15) is 22.5 Å². The predicted octanol–water partition coefficient (Wildman–Crippen LogP) is 2.29. The van der Waals surface area contributed by atoms with Gasteiger partial charge in [0.15, 0.2) is 0 Å². The fourth-order valence-electron chi connectivity index (χ4n) is 3.08. The average Bonchev–Trinajstić information content (AvgIpc) is 2.89. The molecule has 1 aliphatic rings. The topological polar surface area (TPSA) is 48.5 Å². The first-order valence-corrected chi connectivity index (χ1v) is 8.57. The van der Waals surface area contributed by atoms with E-state index in [1.54, 1.807) is 19.2 Å². The summed E-state index contributed by atoms with van der Waals surface area (Å²) in [5.41, 5.74) is 1.16. The summed E-state index contributed by atoms with van der Waals surface area (Å²) in [6.45, 7) is 4.04. The molecular formula is C19H23FN4O. The Hall–Kier alpha value is -2.47. The van der Waals surface area contributed by atoms with Crippen molar-refractivity contribution in [1.29, 1.82) is 0 Å². The minimum Gasteiger partial charge on any atom is -0.355 e. The summed E-state index contributed by atoms with van der Waals surface area (Å²) in [5, 5.41) is 2.60. The van der Waals surface area contributed by atoms with Gasteiger partial charge in [0.05, 0.1) is 0 Å². The normalized spacial score (nSPS) is 15.7. The van der Waals surface area contributed by atoms with Gasteiger partial charge in [-0.3, -0.25) is 9.69 Å². The summed E-state index contributed by atoms with van der Waals surface area (Å²) in [5.74, 6) is 0.482. The Morgan fingerprint density at radius 1 is 1.12 bits per heavy atom. The highest BCUT2D eigenvalue weighted by Gasteiger charge is 2.18. The summed E-state index contributed by atoms with van der Waals surface area (Å²) < 4.78 is 13.9. The first-order chi connectivity index (χ1) is 12.2. The SMILES string of the molecule is CNC(=O)c1cccc(N2CCCN(Cc3ccccc3F)CC2)n1. The number of anilines is 1.